The number of benzene rings is 3. The van der Waals surface area contributed by atoms with Gasteiger partial charge in [0.1, 0.15) is 28.0 Å². The molecule has 0 aliphatic carbocycles. The topological polar surface area (TPSA) is 89.6 Å². The normalized spacial score (nSPS) is 10.4. The van der Waals surface area contributed by atoms with Gasteiger partial charge in [0.2, 0.25) is 0 Å². The van der Waals surface area contributed by atoms with Crippen LogP contribution in [-0.2, 0) is 0 Å². The van der Waals surface area contributed by atoms with Crippen molar-refractivity contribution < 1.29 is 23.5 Å². The predicted octanol–water partition coefficient (Wildman–Crippen LogP) is 5.47. The Morgan fingerprint density at radius 1 is 0.912 bits per heavy atom. The molecule has 1 heterocycles. The van der Waals surface area contributed by atoms with E-state index in [9.17, 15) is 14.0 Å². The first-order valence-electron chi connectivity index (χ1n) is 10.1. The second-order valence-corrected chi connectivity index (χ2v) is 7.96. The summed E-state index contributed by atoms with van der Waals surface area (Å²) in [7, 11) is 3.06. The van der Waals surface area contributed by atoms with Crippen molar-refractivity contribution in [2.75, 3.05) is 24.9 Å². The molecular formula is C25H20FN3O4S. The summed E-state index contributed by atoms with van der Waals surface area (Å²) in [5.74, 6) is -0.303. The minimum atomic E-state index is -0.516. The molecular weight excluding hydrogens is 457 g/mol. The number of ether oxygens (including phenoxy) is 2. The quantitative estimate of drug-likeness (QED) is 0.368. The number of aromatic nitrogens is 1. The lowest BCUT2D eigenvalue weighted by molar-refractivity contribution is 0.101. The summed E-state index contributed by atoms with van der Waals surface area (Å²) in [6.45, 7) is 0. The first kappa shape index (κ1) is 22.9. The molecule has 9 heteroatoms. The van der Waals surface area contributed by atoms with Gasteiger partial charge in [-0.15, -0.1) is 11.3 Å². The lowest BCUT2D eigenvalue weighted by Gasteiger charge is -2.12. The predicted molar refractivity (Wildman–Crippen MR) is 129 cm³/mol. The number of carbonyl (C=O) groups is 2. The van der Waals surface area contributed by atoms with E-state index >= 15 is 0 Å². The Labute approximate surface area is 199 Å². The number of nitrogens with one attached hydrogen (secondary N) is 2. The van der Waals surface area contributed by atoms with Crippen LogP contribution in [0.15, 0.2) is 72.1 Å². The number of methoxy groups -OCH3 is 2. The zero-order valence-corrected chi connectivity index (χ0v) is 19.1. The molecule has 3 aromatic carbocycles. The standard InChI is InChI=1S/C25H20FN3O4S/c1-32-19-9-6-15(7-10-19)25-29-21(14-34-25)24(31)27-18-8-11-22(33-2)20(13-18)28-23(30)16-4-3-5-17(26)12-16/h3-14H,1-2H3,(H,27,31)(H,28,30). The van der Waals surface area contributed by atoms with Crippen LogP contribution >= 0.6 is 11.3 Å². The van der Waals surface area contributed by atoms with Crippen LogP contribution in [0.5, 0.6) is 11.5 Å². The number of anilines is 2. The summed E-state index contributed by atoms with van der Waals surface area (Å²) < 4.78 is 23.9. The molecule has 172 valence electrons. The van der Waals surface area contributed by atoms with Crippen molar-refractivity contribution in [3.8, 4) is 22.1 Å². The number of amides is 2. The summed E-state index contributed by atoms with van der Waals surface area (Å²) in [5.41, 5.74) is 2.05. The van der Waals surface area contributed by atoms with E-state index in [2.05, 4.69) is 15.6 Å². The van der Waals surface area contributed by atoms with Gasteiger partial charge in [0.25, 0.3) is 11.8 Å². The summed E-state index contributed by atoms with van der Waals surface area (Å²) in [5, 5.41) is 7.83. The van der Waals surface area contributed by atoms with E-state index in [1.807, 2.05) is 24.3 Å². The summed E-state index contributed by atoms with van der Waals surface area (Å²) in [4.78, 5) is 29.7. The second kappa shape index (κ2) is 10.1. The lowest BCUT2D eigenvalue weighted by Crippen LogP contribution is -2.15. The number of nitrogens with zero attached hydrogens (tertiary/aromatic N) is 1. The van der Waals surface area contributed by atoms with Gasteiger partial charge in [0.05, 0.1) is 19.9 Å². The van der Waals surface area contributed by atoms with Crippen molar-refractivity contribution >= 4 is 34.5 Å². The van der Waals surface area contributed by atoms with E-state index in [-0.39, 0.29) is 11.3 Å². The Hall–Kier alpha value is -4.24. The molecule has 0 spiro atoms. The molecule has 0 bridgehead atoms. The van der Waals surface area contributed by atoms with Gasteiger partial charge in [-0.2, -0.15) is 0 Å². The van der Waals surface area contributed by atoms with Gasteiger partial charge < -0.3 is 20.1 Å². The molecule has 2 N–H and O–H groups in total. The van der Waals surface area contributed by atoms with Crippen molar-refractivity contribution in [1.82, 2.24) is 4.98 Å². The minimum Gasteiger partial charge on any atom is -0.497 e. The van der Waals surface area contributed by atoms with E-state index in [1.54, 1.807) is 30.7 Å². The highest BCUT2D eigenvalue weighted by molar-refractivity contribution is 7.13. The SMILES string of the molecule is COc1ccc(-c2nc(C(=O)Nc3ccc(OC)c(NC(=O)c4cccc(F)c4)c3)cs2)cc1. The molecule has 7 nitrogen and oxygen atoms in total. The van der Waals surface area contributed by atoms with Crippen LogP contribution in [0, 0.1) is 5.82 Å². The van der Waals surface area contributed by atoms with Crippen molar-refractivity contribution in [2.45, 2.75) is 0 Å². The third-order valence-corrected chi connectivity index (χ3v) is 5.76. The van der Waals surface area contributed by atoms with Crippen LogP contribution in [-0.4, -0.2) is 31.0 Å². The van der Waals surface area contributed by atoms with Crippen LogP contribution in [0.3, 0.4) is 0 Å². The average molecular weight is 478 g/mol. The van der Waals surface area contributed by atoms with Crippen molar-refractivity contribution in [2.24, 2.45) is 0 Å². The highest BCUT2D eigenvalue weighted by atomic mass is 32.1. The third kappa shape index (κ3) is 5.21. The molecule has 2 amide bonds. The fourth-order valence-electron chi connectivity index (χ4n) is 3.15. The smallest absolute Gasteiger partial charge is 0.275 e. The Morgan fingerprint density at radius 2 is 1.71 bits per heavy atom. The maximum absolute atomic E-state index is 13.5. The molecule has 34 heavy (non-hydrogen) atoms. The Kier molecular flexibility index (Phi) is 6.84. The molecule has 0 aliphatic heterocycles. The largest absolute Gasteiger partial charge is 0.497 e. The second-order valence-electron chi connectivity index (χ2n) is 7.10. The van der Waals surface area contributed by atoms with Crippen LogP contribution in [0.2, 0.25) is 0 Å². The Morgan fingerprint density at radius 3 is 2.41 bits per heavy atom. The van der Waals surface area contributed by atoms with Gasteiger partial charge >= 0.3 is 0 Å². The molecule has 0 atom stereocenters. The molecule has 0 fully saturated rings. The van der Waals surface area contributed by atoms with Gasteiger partial charge in [-0.3, -0.25) is 9.59 Å². The summed E-state index contributed by atoms with van der Waals surface area (Å²) in [6.07, 6.45) is 0. The van der Waals surface area contributed by atoms with Crippen LogP contribution in [0.25, 0.3) is 10.6 Å². The van der Waals surface area contributed by atoms with Crippen LogP contribution in [0.1, 0.15) is 20.8 Å². The molecule has 0 saturated carbocycles. The number of halogens is 1. The molecule has 0 aliphatic rings. The molecule has 0 unspecified atom stereocenters. The van der Waals surface area contributed by atoms with Gasteiger partial charge in [-0.25, -0.2) is 9.37 Å². The lowest BCUT2D eigenvalue weighted by atomic mass is 10.2. The first-order chi connectivity index (χ1) is 16.5. The fraction of sp³-hybridized carbons (Fsp3) is 0.0800. The first-order valence-corrected chi connectivity index (χ1v) is 11.0. The molecule has 0 saturated heterocycles. The maximum atomic E-state index is 13.5. The van der Waals surface area contributed by atoms with Gasteiger partial charge in [0, 0.05) is 22.2 Å². The van der Waals surface area contributed by atoms with Crippen molar-refractivity contribution in [1.29, 1.82) is 0 Å². The van der Waals surface area contributed by atoms with E-state index in [4.69, 9.17) is 9.47 Å². The van der Waals surface area contributed by atoms with Gasteiger partial charge in [-0.1, -0.05) is 6.07 Å². The highest BCUT2D eigenvalue weighted by Gasteiger charge is 2.15. The molecule has 1 aromatic heterocycles. The van der Waals surface area contributed by atoms with E-state index in [0.717, 1.165) is 17.4 Å². The molecule has 4 rings (SSSR count). The Bertz CT molecular complexity index is 1340. The zero-order chi connectivity index (χ0) is 24.1. The van der Waals surface area contributed by atoms with Crippen LogP contribution < -0.4 is 20.1 Å². The minimum absolute atomic E-state index is 0.157. The number of hydrogen-bond donors (Lipinski definition) is 2. The average Bonchev–Trinajstić information content (AvgIpc) is 3.35. The van der Waals surface area contributed by atoms with Crippen molar-refractivity contribution in [3.63, 3.8) is 0 Å². The zero-order valence-electron chi connectivity index (χ0n) is 18.3. The van der Waals surface area contributed by atoms with Crippen LogP contribution in [0.4, 0.5) is 15.8 Å². The van der Waals surface area contributed by atoms with E-state index < -0.39 is 17.6 Å². The number of rotatable bonds is 7. The fourth-order valence-corrected chi connectivity index (χ4v) is 3.95. The monoisotopic (exact) mass is 477 g/mol. The van der Waals surface area contributed by atoms with Gasteiger partial charge in [0.15, 0.2) is 0 Å². The number of thiazole rings is 1. The van der Waals surface area contributed by atoms with Gasteiger partial charge in [-0.05, 0) is 60.7 Å². The summed E-state index contributed by atoms with van der Waals surface area (Å²) in [6, 6.07) is 17.6. The van der Waals surface area contributed by atoms with E-state index in [1.165, 1.54) is 36.6 Å². The maximum Gasteiger partial charge on any atom is 0.275 e. The van der Waals surface area contributed by atoms with E-state index in [0.29, 0.717) is 22.1 Å². The highest BCUT2D eigenvalue weighted by Crippen LogP contribution is 2.30. The Balaban J connectivity index is 1.50. The van der Waals surface area contributed by atoms with Crippen molar-refractivity contribution in [3.05, 3.63) is 89.2 Å². The molecule has 0 radical (unpaired) electrons. The molecule has 4 aromatic rings. The number of carbonyl (C=O) groups excluding carboxylic acids is 2. The number of hydrogen-bond acceptors (Lipinski definition) is 6. The third-order valence-electron chi connectivity index (χ3n) is 4.87. The summed E-state index contributed by atoms with van der Waals surface area (Å²) >= 11 is 1.35.